The molecule has 0 saturated heterocycles. The van der Waals surface area contributed by atoms with E-state index in [-0.39, 0.29) is 5.54 Å². The topological polar surface area (TPSA) is 23.5 Å². The SMILES string of the molecule is CCN(CC)C(C)(CC)C(O)c1ccc(C(C)C)cc1. The van der Waals surface area contributed by atoms with Crippen molar-refractivity contribution in [2.75, 3.05) is 13.1 Å². The molecule has 0 aliphatic carbocycles. The van der Waals surface area contributed by atoms with E-state index >= 15 is 0 Å². The molecule has 1 aromatic rings. The van der Waals surface area contributed by atoms with Gasteiger partial charge in [0.25, 0.3) is 0 Å². The van der Waals surface area contributed by atoms with Crippen LogP contribution in [0.2, 0.25) is 0 Å². The molecule has 0 heterocycles. The maximum absolute atomic E-state index is 10.9. The van der Waals surface area contributed by atoms with Crippen LogP contribution in [-0.4, -0.2) is 28.6 Å². The van der Waals surface area contributed by atoms with Crippen LogP contribution in [0.1, 0.15) is 71.1 Å². The first-order chi connectivity index (χ1) is 9.40. The van der Waals surface area contributed by atoms with Crippen molar-refractivity contribution in [2.45, 2.75) is 65.5 Å². The molecular weight excluding hydrogens is 246 g/mol. The van der Waals surface area contributed by atoms with Crippen LogP contribution in [0.5, 0.6) is 0 Å². The standard InChI is InChI=1S/C18H31NO/c1-7-18(6,19(8-2)9-3)17(20)16-12-10-15(11-13-16)14(4)5/h10-14,17,20H,7-9H2,1-6H3. The molecule has 0 fully saturated rings. The van der Waals surface area contributed by atoms with Crippen molar-refractivity contribution in [2.24, 2.45) is 0 Å². The molecule has 1 aromatic carbocycles. The highest BCUT2D eigenvalue weighted by Gasteiger charge is 2.36. The summed E-state index contributed by atoms with van der Waals surface area (Å²) >= 11 is 0. The normalized spacial score (nSPS) is 16.4. The lowest BCUT2D eigenvalue weighted by atomic mass is 9.84. The Bertz CT molecular complexity index is 394. The summed E-state index contributed by atoms with van der Waals surface area (Å²) in [5, 5.41) is 10.9. The van der Waals surface area contributed by atoms with Crippen molar-refractivity contribution < 1.29 is 5.11 Å². The molecule has 0 amide bonds. The predicted molar refractivity (Wildman–Crippen MR) is 87.1 cm³/mol. The Balaban J connectivity index is 3.04. The monoisotopic (exact) mass is 277 g/mol. The number of hydrogen-bond acceptors (Lipinski definition) is 2. The summed E-state index contributed by atoms with van der Waals surface area (Å²) in [4.78, 5) is 2.36. The third kappa shape index (κ3) is 3.42. The van der Waals surface area contributed by atoms with Gasteiger partial charge in [0.15, 0.2) is 0 Å². The van der Waals surface area contributed by atoms with Crippen LogP contribution in [0.3, 0.4) is 0 Å². The van der Waals surface area contributed by atoms with E-state index in [0.717, 1.165) is 25.1 Å². The molecule has 0 saturated carbocycles. The molecule has 0 radical (unpaired) electrons. The van der Waals surface area contributed by atoms with Crippen LogP contribution < -0.4 is 0 Å². The fourth-order valence-electron chi connectivity index (χ4n) is 2.96. The van der Waals surface area contributed by atoms with Gasteiger partial charge in [-0.05, 0) is 43.5 Å². The molecular formula is C18H31NO. The number of likely N-dealkylation sites (N-methyl/N-ethyl adjacent to an activating group) is 1. The van der Waals surface area contributed by atoms with Crippen molar-refractivity contribution >= 4 is 0 Å². The van der Waals surface area contributed by atoms with E-state index in [4.69, 9.17) is 0 Å². The van der Waals surface area contributed by atoms with Gasteiger partial charge < -0.3 is 5.11 Å². The van der Waals surface area contributed by atoms with Gasteiger partial charge in [0.05, 0.1) is 6.10 Å². The second kappa shape index (κ2) is 7.24. The molecule has 0 spiro atoms. The van der Waals surface area contributed by atoms with Crippen molar-refractivity contribution in [1.29, 1.82) is 0 Å². The van der Waals surface area contributed by atoms with Crippen LogP contribution >= 0.6 is 0 Å². The van der Waals surface area contributed by atoms with Gasteiger partial charge in [0.2, 0.25) is 0 Å². The Morgan fingerprint density at radius 3 is 1.80 bits per heavy atom. The van der Waals surface area contributed by atoms with Gasteiger partial charge in [0.1, 0.15) is 0 Å². The summed E-state index contributed by atoms with van der Waals surface area (Å²) in [6.07, 6.45) is 0.482. The summed E-state index contributed by atoms with van der Waals surface area (Å²) in [6.45, 7) is 14.9. The van der Waals surface area contributed by atoms with Crippen LogP contribution in [0.15, 0.2) is 24.3 Å². The second-order valence-electron chi connectivity index (χ2n) is 6.11. The van der Waals surface area contributed by atoms with E-state index < -0.39 is 6.10 Å². The zero-order valence-corrected chi connectivity index (χ0v) is 14.0. The Morgan fingerprint density at radius 2 is 1.45 bits per heavy atom. The summed E-state index contributed by atoms with van der Waals surface area (Å²) in [5.74, 6) is 0.529. The summed E-state index contributed by atoms with van der Waals surface area (Å²) in [7, 11) is 0. The lowest BCUT2D eigenvalue weighted by Crippen LogP contribution is -2.50. The fraction of sp³-hybridized carbons (Fsp3) is 0.667. The highest BCUT2D eigenvalue weighted by molar-refractivity contribution is 5.28. The molecule has 0 aliphatic rings. The molecule has 2 nitrogen and oxygen atoms in total. The van der Waals surface area contributed by atoms with Crippen LogP contribution in [0.4, 0.5) is 0 Å². The zero-order chi connectivity index (χ0) is 15.3. The van der Waals surface area contributed by atoms with Crippen LogP contribution in [0.25, 0.3) is 0 Å². The minimum atomic E-state index is -0.450. The van der Waals surface area contributed by atoms with Gasteiger partial charge in [-0.3, -0.25) is 4.90 Å². The number of aliphatic hydroxyl groups is 1. The Morgan fingerprint density at radius 1 is 1.00 bits per heavy atom. The van der Waals surface area contributed by atoms with Crippen molar-refractivity contribution in [3.8, 4) is 0 Å². The van der Waals surface area contributed by atoms with E-state index in [1.54, 1.807) is 0 Å². The molecule has 2 unspecified atom stereocenters. The third-order valence-corrected chi connectivity index (χ3v) is 4.71. The van der Waals surface area contributed by atoms with Crippen LogP contribution in [-0.2, 0) is 0 Å². The summed E-state index contributed by atoms with van der Waals surface area (Å²) in [6, 6.07) is 8.44. The number of aliphatic hydroxyl groups excluding tert-OH is 1. The van der Waals surface area contributed by atoms with E-state index in [9.17, 15) is 5.11 Å². The van der Waals surface area contributed by atoms with Crippen molar-refractivity contribution in [3.05, 3.63) is 35.4 Å². The maximum Gasteiger partial charge on any atom is 0.0970 e. The van der Waals surface area contributed by atoms with Gasteiger partial charge in [-0.25, -0.2) is 0 Å². The Hall–Kier alpha value is -0.860. The number of benzene rings is 1. The fourth-order valence-corrected chi connectivity index (χ4v) is 2.96. The highest BCUT2D eigenvalue weighted by Crippen LogP contribution is 2.34. The quantitative estimate of drug-likeness (QED) is 0.800. The molecule has 2 heteroatoms. The lowest BCUT2D eigenvalue weighted by Gasteiger charge is -2.43. The van der Waals surface area contributed by atoms with E-state index in [1.807, 2.05) is 0 Å². The van der Waals surface area contributed by atoms with Gasteiger partial charge in [-0.1, -0.05) is 58.9 Å². The number of rotatable bonds is 7. The number of hydrogen-bond donors (Lipinski definition) is 1. The predicted octanol–water partition coefficient (Wildman–Crippen LogP) is 4.35. The Labute approximate surface area is 124 Å². The molecule has 2 atom stereocenters. The molecule has 114 valence electrons. The van der Waals surface area contributed by atoms with E-state index in [1.165, 1.54) is 5.56 Å². The number of nitrogens with zero attached hydrogens (tertiary/aromatic N) is 1. The first kappa shape index (κ1) is 17.2. The molecule has 20 heavy (non-hydrogen) atoms. The Kier molecular flexibility index (Phi) is 6.22. The zero-order valence-electron chi connectivity index (χ0n) is 14.0. The maximum atomic E-state index is 10.9. The van der Waals surface area contributed by atoms with Gasteiger partial charge in [0, 0.05) is 5.54 Å². The highest BCUT2D eigenvalue weighted by atomic mass is 16.3. The molecule has 0 aliphatic heterocycles. The van der Waals surface area contributed by atoms with Gasteiger partial charge in [-0.15, -0.1) is 0 Å². The molecule has 0 aromatic heterocycles. The molecule has 1 rings (SSSR count). The second-order valence-corrected chi connectivity index (χ2v) is 6.11. The third-order valence-electron chi connectivity index (χ3n) is 4.71. The van der Waals surface area contributed by atoms with E-state index in [0.29, 0.717) is 5.92 Å². The average molecular weight is 277 g/mol. The lowest BCUT2D eigenvalue weighted by molar-refractivity contribution is -0.0213. The summed E-state index contributed by atoms with van der Waals surface area (Å²) < 4.78 is 0. The smallest absolute Gasteiger partial charge is 0.0970 e. The molecule has 1 N–H and O–H groups in total. The first-order valence-electron chi connectivity index (χ1n) is 7.93. The van der Waals surface area contributed by atoms with Crippen molar-refractivity contribution in [1.82, 2.24) is 4.90 Å². The van der Waals surface area contributed by atoms with Crippen LogP contribution in [0, 0.1) is 0 Å². The van der Waals surface area contributed by atoms with Gasteiger partial charge in [-0.2, -0.15) is 0 Å². The minimum Gasteiger partial charge on any atom is -0.386 e. The first-order valence-corrected chi connectivity index (χ1v) is 7.93. The summed E-state index contributed by atoms with van der Waals surface area (Å²) in [5.41, 5.74) is 2.13. The van der Waals surface area contributed by atoms with E-state index in [2.05, 4.69) is 70.7 Å². The molecule has 0 bridgehead atoms. The largest absolute Gasteiger partial charge is 0.386 e. The van der Waals surface area contributed by atoms with Crippen molar-refractivity contribution in [3.63, 3.8) is 0 Å². The van der Waals surface area contributed by atoms with Gasteiger partial charge >= 0.3 is 0 Å². The minimum absolute atomic E-state index is 0.206. The average Bonchev–Trinajstić information content (AvgIpc) is 2.47.